The highest BCUT2D eigenvalue weighted by Gasteiger charge is 2.37. The van der Waals surface area contributed by atoms with E-state index in [-0.39, 0.29) is 33.6 Å². The van der Waals surface area contributed by atoms with Crippen LogP contribution in [-0.2, 0) is 20.9 Å². The third kappa shape index (κ3) is 6.66. The van der Waals surface area contributed by atoms with Crippen LogP contribution in [0.1, 0.15) is 36.5 Å². The highest BCUT2D eigenvalue weighted by molar-refractivity contribution is 7.92. The van der Waals surface area contributed by atoms with Gasteiger partial charge in [0.1, 0.15) is 17.7 Å². The molecule has 0 aromatic heterocycles. The van der Waals surface area contributed by atoms with Crippen LogP contribution in [0.3, 0.4) is 0 Å². The zero-order chi connectivity index (χ0) is 30.1. The lowest BCUT2D eigenvalue weighted by Crippen LogP contribution is -2.43. The molecule has 4 rings (SSSR count). The van der Waals surface area contributed by atoms with Crippen molar-refractivity contribution in [2.24, 2.45) is 0 Å². The molecular weight excluding hydrogens is 605 g/mol. The Hall–Kier alpha value is -3.21. The van der Waals surface area contributed by atoms with E-state index >= 15 is 0 Å². The first-order valence-electron chi connectivity index (χ1n) is 12.3. The van der Waals surface area contributed by atoms with Gasteiger partial charge in [0.05, 0.1) is 45.6 Å². The Labute approximate surface area is 245 Å². The van der Waals surface area contributed by atoms with Crippen LogP contribution in [-0.4, -0.2) is 28.2 Å². The van der Waals surface area contributed by atoms with Crippen LogP contribution in [0.4, 0.5) is 23.2 Å². The molecule has 41 heavy (non-hydrogen) atoms. The van der Waals surface area contributed by atoms with E-state index in [0.717, 1.165) is 22.5 Å². The molecule has 0 fully saturated rings. The summed E-state index contributed by atoms with van der Waals surface area (Å²) >= 11 is 12.7. The molecule has 0 saturated carbocycles. The van der Waals surface area contributed by atoms with Crippen molar-refractivity contribution in [1.29, 1.82) is 0 Å². The number of fused-ring (bicyclic) bond motifs is 1. The Bertz CT molecular complexity index is 1600. The van der Waals surface area contributed by atoms with Gasteiger partial charge in [0.15, 0.2) is 0 Å². The van der Waals surface area contributed by atoms with Crippen LogP contribution in [0.5, 0.6) is 5.75 Å². The number of halogens is 6. The predicted octanol–water partition coefficient (Wildman–Crippen LogP) is 8.61. The van der Waals surface area contributed by atoms with Gasteiger partial charge >= 0.3 is 6.18 Å². The lowest BCUT2D eigenvalue weighted by Gasteiger charge is -2.36. The van der Waals surface area contributed by atoms with Gasteiger partial charge in [0, 0.05) is 18.1 Å². The molecule has 0 saturated heterocycles. The van der Waals surface area contributed by atoms with E-state index in [4.69, 9.17) is 32.7 Å². The number of anilines is 1. The quantitative estimate of drug-likeness (QED) is 0.142. The zero-order valence-electron chi connectivity index (χ0n) is 21.9. The molecule has 0 radical (unpaired) electrons. The van der Waals surface area contributed by atoms with Crippen LogP contribution in [0, 0.1) is 5.82 Å². The summed E-state index contributed by atoms with van der Waals surface area (Å²) in [7, 11) is -3.05. The highest BCUT2D eigenvalue weighted by atomic mass is 35.5. The molecule has 12 heteroatoms. The SMILES string of the molecule is C=C(CC[C@H]1CN(S(=O)(=O)c2cccc(C(F)(F)F)c2)c2cc(/C=C(\C)c3c(F)cccc3Cl)c(Cl)cc2O1)OC. The summed E-state index contributed by atoms with van der Waals surface area (Å²) in [5.74, 6) is 0.00828. The molecule has 0 unspecified atom stereocenters. The second kappa shape index (κ2) is 12.0. The number of rotatable bonds is 8. The number of sulfonamides is 1. The summed E-state index contributed by atoms with van der Waals surface area (Å²) in [6, 6.07) is 10.6. The van der Waals surface area contributed by atoms with Gasteiger partial charge in [-0.2, -0.15) is 13.2 Å². The largest absolute Gasteiger partial charge is 0.502 e. The number of hydrogen-bond acceptors (Lipinski definition) is 4. The van der Waals surface area contributed by atoms with E-state index in [1.165, 1.54) is 43.5 Å². The molecular formula is C29H25Cl2F4NO4S. The van der Waals surface area contributed by atoms with Gasteiger partial charge in [-0.3, -0.25) is 4.31 Å². The Balaban J connectivity index is 1.83. The monoisotopic (exact) mass is 629 g/mol. The maximum Gasteiger partial charge on any atom is 0.416 e. The number of methoxy groups -OCH3 is 1. The van der Waals surface area contributed by atoms with Crippen molar-refractivity contribution in [2.75, 3.05) is 18.0 Å². The minimum absolute atomic E-state index is 0.0623. The second-order valence-electron chi connectivity index (χ2n) is 9.35. The van der Waals surface area contributed by atoms with Crippen molar-refractivity contribution >= 4 is 50.6 Å². The number of alkyl halides is 3. The summed E-state index contributed by atoms with van der Waals surface area (Å²) in [6.45, 7) is 5.18. The maximum atomic E-state index is 14.5. The van der Waals surface area contributed by atoms with Crippen LogP contribution >= 0.6 is 23.2 Å². The lowest BCUT2D eigenvalue weighted by molar-refractivity contribution is -0.137. The molecule has 1 heterocycles. The third-order valence-corrected chi connectivity index (χ3v) is 8.94. The molecule has 3 aromatic rings. The minimum Gasteiger partial charge on any atom is -0.502 e. The summed E-state index contributed by atoms with van der Waals surface area (Å²) in [5, 5.41) is 0.347. The molecule has 1 atom stereocenters. The Morgan fingerprint density at radius 1 is 1.15 bits per heavy atom. The van der Waals surface area contributed by atoms with Crippen molar-refractivity contribution in [2.45, 2.75) is 36.9 Å². The van der Waals surface area contributed by atoms with Crippen molar-refractivity contribution in [1.82, 2.24) is 0 Å². The number of nitrogens with zero attached hydrogens (tertiary/aromatic N) is 1. The van der Waals surface area contributed by atoms with Gasteiger partial charge in [0.2, 0.25) is 0 Å². The van der Waals surface area contributed by atoms with E-state index in [2.05, 4.69) is 6.58 Å². The van der Waals surface area contributed by atoms with Crippen LogP contribution < -0.4 is 9.04 Å². The van der Waals surface area contributed by atoms with Gasteiger partial charge in [0.25, 0.3) is 10.0 Å². The average Bonchev–Trinajstić information content (AvgIpc) is 2.91. The molecule has 1 aliphatic heterocycles. The van der Waals surface area contributed by atoms with E-state index in [0.29, 0.717) is 35.8 Å². The molecule has 0 amide bonds. The van der Waals surface area contributed by atoms with E-state index in [9.17, 15) is 26.0 Å². The number of ether oxygens (including phenoxy) is 2. The first kappa shape index (κ1) is 30.7. The Kier molecular flexibility index (Phi) is 8.96. The molecule has 3 aromatic carbocycles. The maximum absolute atomic E-state index is 14.5. The fourth-order valence-electron chi connectivity index (χ4n) is 4.40. The smallest absolute Gasteiger partial charge is 0.416 e. The standard InChI is InChI=1S/C29H25Cl2F4NO4S/c1-17(28-23(30)8-5-9-25(28)32)12-19-13-26-27(15-24(19)31)40-21(11-10-18(2)39-3)16-36(26)41(37,38)22-7-4-6-20(14-22)29(33,34)35/h4-9,12-15,21H,2,10-11,16H2,1,3H3/b17-12+/t21-/m0/s1. The van der Waals surface area contributed by atoms with Crippen LogP contribution in [0.15, 0.2) is 71.8 Å². The summed E-state index contributed by atoms with van der Waals surface area (Å²) < 4.78 is 94.6. The topological polar surface area (TPSA) is 55.8 Å². The average molecular weight is 630 g/mol. The summed E-state index contributed by atoms with van der Waals surface area (Å²) in [4.78, 5) is -0.540. The molecule has 0 aliphatic carbocycles. The summed E-state index contributed by atoms with van der Waals surface area (Å²) in [6.07, 6.45) is -3.23. The van der Waals surface area contributed by atoms with Crippen molar-refractivity contribution in [3.63, 3.8) is 0 Å². The number of hydrogen-bond donors (Lipinski definition) is 0. The Morgan fingerprint density at radius 3 is 2.51 bits per heavy atom. The fourth-order valence-corrected chi connectivity index (χ4v) is 6.47. The molecule has 1 aliphatic rings. The van der Waals surface area contributed by atoms with Gasteiger partial charge in [-0.25, -0.2) is 12.8 Å². The molecule has 0 N–H and O–H groups in total. The van der Waals surface area contributed by atoms with Crippen LogP contribution in [0.25, 0.3) is 11.6 Å². The van der Waals surface area contributed by atoms with Gasteiger partial charge in [-0.05, 0) is 67.0 Å². The number of benzene rings is 3. The third-order valence-electron chi connectivity index (χ3n) is 6.52. The van der Waals surface area contributed by atoms with E-state index in [1.807, 2.05) is 0 Å². The van der Waals surface area contributed by atoms with Gasteiger partial charge in [-0.1, -0.05) is 41.9 Å². The van der Waals surface area contributed by atoms with E-state index in [1.54, 1.807) is 6.92 Å². The molecule has 0 spiro atoms. The van der Waals surface area contributed by atoms with Gasteiger partial charge < -0.3 is 9.47 Å². The van der Waals surface area contributed by atoms with Gasteiger partial charge in [-0.15, -0.1) is 0 Å². The first-order chi connectivity index (χ1) is 19.2. The molecule has 0 bridgehead atoms. The summed E-state index contributed by atoms with van der Waals surface area (Å²) in [5.41, 5.74) is -0.160. The fraction of sp³-hybridized carbons (Fsp3) is 0.241. The predicted molar refractivity (Wildman–Crippen MR) is 152 cm³/mol. The highest BCUT2D eigenvalue weighted by Crippen LogP contribution is 2.43. The minimum atomic E-state index is -4.74. The number of allylic oxidation sites excluding steroid dienone is 2. The molecule has 5 nitrogen and oxygen atoms in total. The lowest BCUT2D eigenvalue weighted by atomic mass is 10.0. The van der Waals surface area contributed by atoms with Crippen LogP contribution in [0.2, 0.25) is 10.0 Å². The normalized spacial score (nSPS) is 15.8. The zero-order valence-corrected chi connectivity index (χ0v) is 24.3. The molecule has 218 valence electrons. The second-order valence-corrected chi connectivity index (χ2v) is 12.0. The Morgan fingerprint density at radius 2 is 1.85 bits per heavy atom. The van der Waals surface area contributed by atoms with Crippen molar-refractivity contribution in [3.8, 4) is 5.75 Å². The first-order valence-corrected chi connectivity index (χ1v) is 14.5. The van der Waals surface area contributed by atoms with E-state index < -0.39 is 38.6 Å². The van der Waals surface area contributed by atoms with Crippen molar-refractivity contribution < 1.29 is 35.5 Å². The van der Waals surface area contributed by atoms with Crippen molar-refractivity contribution in [3.05, 3.63) is 99.5 Å².